The molecule has 0 spiro atoms. The lowest BCUT2D eigenvalue weighted by atomic mass is 10.0. The maximum Gasteiger partial charge on any atom is 0.339 e. The third-order valence-corrected chi connectivity index (χ3v) is 1.33. The van der Waals surface area contributed by atoms with Crippen molar-refractivity contribution in [3.63, 3.8) is 0 Å². The molecule has 0 radical (unpaired) electrons. The van der Waals surface area contributed by atoms with Crippen LogP contribution < -0.4 is 21.6 Å². The highest BCUT2D eigenvalue weighted by atomic mass is 16.4. The van der Waals surface area contributed by atoms with E-state index in [1.165, 1.54) is 0 Å². The van der Waals surface area contributed by atoms with Gasteiger partial charge in [0.2, 0.25) is 0 Å². The number of guanidine groups is 1. The van der Waals surface area contributed by atoms with E-state index in [1.54, 1.807) is 0 Å². The predicted molar refractivity (Wildman–Crippen MR) is 42.6 cm³/mol. The average Bonchev–Trinajstić information content (AvgIpc) is 1.83. The predicted octanol–water partition coefficient (Wildman–Crippen LogP) is -3.49. The van der Waals surface area contributed by atoms with E-state index in [-0.39, 0.29) is 11.9 Å². The molecule has 5 nitrogen and oxygen atoms in total. The standard InChI is InChI=1S/C7H15N3O2/c1-4(2)3-5(6(11)12)10-7(8)9/h4-5H,3H2,1-2H3,(H,11,12)(H4,8,9,10)/t5-/m0/s1. The number of carboxylic acid groups (broad SMARTS) is 1. The van der Waals surface area contributed by atoms with E-state index in [2.05, 4.69) is 4.99 Å². The quantitative estimate of drug-likeness (QED) is 0.303. The number of aliphatic carboxylic acids is 1. The van der Waals surface area contributed by atoms with Gasteiger partial charge in [-0.1, -0.05) is 13.8 Å². The monoisotopic (exact) mass is 173 g/mol. The minimum absolute atomic E-state index is 0.0927. The van der Waals surface area contributed by atoms with Gasteiger partial charge in [0.05, 0.1) is 5.97 Å². The number of carbonyl (C=O) groups is 1. The third kappa shape index (κ3) is 4.54. The zero-order chi connectivity index (χ0) is 9.72. The number of hydrogen-bond acceptors (Lipinski definition) is 2. The molecule has 5 heteroatoms. The van der Waals surface area contributed by atoms with Gasteiger partial charge in [-0.25, -0.2) is 0 Å². The summed E-state index contributed by atoms with van der Waals surface area (Å²) in [6, 6.07) is -0.796. The molecule has 0 aliphatic rings. The van der Waals surface area contributed by atoms with Gasteiger partial charge in [-0.2, -0.15) is 0 Å². The maximum absolute atomic E-state index is 10.5. The van der Waals surface area contributed by atoms with E-state index in [0.717, 1.165) is 0 Å². The van der Waals surface area contributed by atoms with Crippen molar-refractivity contribution in [3.8, 4) is 0 Å². The molecule has 0 saturated carbocycles. The summed E-state index contributed by atoms with van der Waals surface area (Å²) in [4.78, 5) is 12.9. The first-order valence-electron chi connectivity index (χ1n) is 3.78. The Morgan fingerprint density at radius 3 is 2.25 bits per heavy atom. The number of carboxylic acids is 1. The van der Waals surface area contributed by atoms with Gasteiger partial charge in [-0.3, -0.25) is 16.5 Å². The molecule has 5 N–H and O–H groups in total. The molecular weight excluding hydrogens is 158 g/mol. The fourth-order valence-electron chi connectivity index (χ4n) is 0.887. The smallest absolute Gasteiger partial charge is 0.339 e. The van der Waals surface area contributed by atoms with E-state index in [0.29, 0.717) is 6.42 Å². The summed E-state index contributed by atoms with van der Waals surface area (Å²) in [6.07, 6.45) is 0.445. The van der Waals surface area contributed by atoms with Crippen LogP contribution in [0.5, 0.6) is 0 Å². The number of carbonyl (C=O) groups excluding carboxylic acids is 1. The summed E-state index contributed by atoms with van der Waals surface area (Å²) in [6.45, 7) is 3.81. The van der Waals surface area contributed by atoms with Crippen molar-refractivity contribution in [1.82, 2.24) is 0 Å². The van der Waals surface area contributed by atoms with Gasteiger partial charge >= 0.3 is 5.96 Å². The summed E-state index contributed by atoms with van der Waals surface area (Å²) in [5.74, 6) is -1.03. The van der Waals surface area contributed by atoms with E-state index in [1.807, 2.05) is 13.8 Å². The van der Waals surface area contributed by atoms with Crippen LogP contribution in [-0.2, 0) is 4.79 Å². The fraction of sp³-hybridized carbons (Fsp3) is 0.714. The van der Waals surface area contributed by atoms with Crippen molar-refractivity contribution in [3.05, 3.63) is 0 Å². The number of nitrogens with two attached hydrogens (primary N) is 2. The van der Waals surface area contributed by atoms with Crippen molar-refractivity contribution in [2.75, 3.05) is 0 Å². The van der Waals surface area contributed by atoms with Crippen LogP contribution in [0, 0.1) is 5.92 Å². The van der Waals surface area contributed by atoms with Gasteiger partial charge in [-0.15, -0.1) is 0 Å². The molecule has 0 aromatic rings. The molecule has 0 aromatic carbocycles. The molecule has 0 heterocycles. The molecule has 0 unspecified atom stereocenters. The second kappa shape index (κ2) is 4.58. The summed E-state index contributed by atoms with van der Waals surface area (Å²) >= 11 is 0. The molecule has 70 valence electrons. The van der Waals surface area contributed by atoms with Gasteiger partial charge in [0, 0.05) is 0 Å². The fourth-order valence-corrected chi connectivity index (χ4v) is 0.887. The molecule has 0 bridgehead atoms. The van der Waals surface area contributed by atoms with Gasteiger partial charge in [-0.05, 0) is 12.3 Å². The largest absolute Gasteiger partial charge is 0.546 e. The zero-order valence-electron chi connectivity index (χ0n) is 7.33. The minimum Gasteiger partial charge on any atom is -0.546 e. The SMILES string of the molecule is CC(C)C[C@H]([NH+]=C(N)N)C(=O)[O-]. The molecular formula is C7H15N3O2. The molecule has 0 amide bonds. The minimum atomic E-state index is -1.18. The van der Waals surface area contributed by atoms with E-state index in [4.69, 9.17) is 11.5 Å². The molecule has 0 aromatic heterocycles. The van der Waals surface area contributed by atoms with Gasteiger partial charge < -0.3 is 9.90 Å². The summed E-state index contributed by atoms with van der Waals surface area (Å²) < 4.78 is 0. The summed E-state index contributed by atoms with van der Waals surface area (Å²) in [7, 11) is 0. The zero-order valence-corrected chi connectivity index (χ0v) is 7.33. The number of nitrogens with one attached hydrogen (secondary N) is 1. The Bertz CT molecular complexity index is 185. The molecule has 0 saturated heterocycles. The highest BCUT2D eigenvalue weighted by Gasteiger charge is 2.11. The van der Waals surface area contributed by atoms with Crippen molar-refractivity contribution in [2.45, 2.75) is 26.3 Å². The Kier molecular flexibility index (Phi) is 4.10. The molecule has 1 atom stereocenters. The van der Waals surface area contributed by atoms with Crippen LogP contribution in [0.4, 0.5) is 0 Å². The molecule has 12 heavy (non-hydrogen) atoms. The van der Waals surface area contributed by atoms with Crippen molar-refractivity contribution in [2.24, 2.45) is 17.4 Å². The second-order valence-corrected chi connectivity index (χ2v) is 3.10. The van der Waals surface area contributed by atoms with Crippen LogP contribution in [0.1, 0.15) is 20.3 Å². The van der Waals surface area contributed by atoms with Crippen LogP contribution in [0.3, 0.4) is 0 Å². The molecule has 0 aliphatic carbocycles. The first-order valence-corrected chi connectivity index (χ1v) is 3.78. The number of hydrogen-bond donors (Lipinski definition) is 3. The van der Waals surface area contributed by atoms with Crippen LogP contribution >= 0.6 is 0 Å². The van der Waals surface area contributed by atoms with Crippen LogP contribution in [-0.4, -0.2) is 18.0 Å². The highest BCUT2D eigenvalue weighted by Crippen LogP contribution is 1.99. The average molecular weight is 173 g/mol. The number of rotatable bonds is 4. The lowest BCUT2D eigenvalue weighted by molar-refractivity contribution is -0.510. The maximum atomic E-state index is 10.5. The van der Waals surface area contributed by atoms with Crippen molar-refractivity contribution >= 4 is 11.9 Å². The Morgan fingerprint density at radius 1 is 1.50 bits per heavy atom. The van der Waals surface area contributed by atoms with Crippen LogP contribution in [0.15, 0.2) is 0 Å². The van der Waals surface area contributed by atoms with Crippen molar-refractivity contribution in [1.29, 1.82) is 0 Å². The summed E-state index contributed by atoms with van der Waals surface area (Å²) in [5, 5.41) is 10.5. The normalized spacial score (nSPS) is 12.6. The highest BCUT2D eigenvalue weighted by molar-refractivity contribution is 5.73. The second-order valence-electron chi connectivity index (χ2n) is 3.10. The van der Waals surface area contributed by atoms with Crippen LogP contribution in [0.25, 0.3) is 0 Å². The van der Waals surface area contributed by atoms with Crippen LogP contribution in [0.2, 0.25) is 0 Å². The van der Waals surface area contributed by atoms with Gasteiger partial charge in [0.25, 0.3) is 0 Å². The van der Waals surface area contributed by atoms with E-state index in [9.17, 15) is 9.90 Å². The van der Waals surface area contributed by atoms with Gasteiger partial charge in [0.1, 0.15) is 6.04 Å². The Balaban J connectivity index is 4.25. The first-order chi connectivity index (χ1) is 5.43. The Morgan fingerprint density at radius 2 is 2.00 bits per heavy atom. The summed E-state index contributed by atoms with van der Waals surface area (Å²) in [5.41, 5.74) is 10.2. The van der Waals surface area contributed by atoms with E-state index >= 15 is 0 Å². The lowest BCUT2D eigenvalue weighted by Crippen LogP contribution is -2.87. The Hall–Kier alpha value is -1.26. The third-order valence-electron chi connectivity index (χ3n) is 1.33. The first kappa shape index (κ1) is 10.7. The van der Waals surface area contributed by atoms with Crippen molar-refractivity contribution < 1.29 is 14.9 Å². The molecule has 0 fully saturated rings. The lowest BCUT2D eigenvalue weighted by Gasteiger charge is -2.14. The Labute approximate surface area is 71.5 Å². The van der Waals surface area contributed by atoms with Gasteiger partial charge in [0.15, 0.2) is 0 Å². The topological polar surface area (TPSA) is 106 Å². The van der Waals surface area contributed by atoms with E-state index < -0.39 is 12.0 Å². The molecule has 0 rings (SSSR count). The molecule has 0 aliphatic heterocycles.